The molecule has 0 bridgehead atoms. The lowest BCUT2D eigenvalue weighted by molar-refractivity contribution is -0.124. The van der Waals surface area contributed by atoms with Crippen molar-refractivity contribution in [3.05, 3.63) is 6.42 Å². The van der Waals surface area contributed by atoms with Gasteiger partial charge in [0.1, 0.15) is 0 Å². The van der Waals surface area contributed by atoms with Gasteiger partial charge in [0.05, 0.1) is 6.04 Å². The van der Waals surface area contributed by atoms with Crippen molar-refractivity contribution in [2.45, 2.75) is 57.5 Å². The molecule has 2 N–H and O–H groups in total. The fourth-order valence-electron chi connectivity index (χ4n) is 3.41. The number of nitrogens with zero attached hydrogens (tertiary/aromatic N) is 2. The van der Waals surface area contributed by atoms with E-state index in [-0.39, 0.29) is 11.9 Å². The lowest BCUT2D eigenvalue weighted by Gasteiger charge is -2.39. The third-order valence-corrected chi connectivity index (χ3v) is 4.50. The predicted octanol–water partition coefficient (Wildman–Crippen LogP) is 1.40. The summed E-state index contributed by atoms with van der Waals surface area (Å²) < 4.78 is 0. The van der Waals surface area contributed by atoms with Crippen LogP contribution < -0.4 is 5.73 Å². The van der Waals surface area contributed by atoms with Gasteiger partial charge in [-0.2, -0.15) is 0 Å². The van der Waals surface area contributed by atoms with Gasteiger partial charge in [-0.15, -0.1) is 0 Å². The molecule has 2 fully saturated rings. The van der Waals surface area contributed by atoms with E-state index in [1.54, 1.807) is 0 Å². The highest BCUT2D eigenvalue weighted by molar-refractivity contribution is 5.80. The van der Waals surface area contributed by atoms with E-state index in [9.17, 15) is 4.79 Å². The van der Waals surface area contributed by atoms with Gasteiger partial charge in [-0.3, -0.25) is 9.69 Å². The summed E-state index contributed by atoms with van der Waals surface area (Å²) in [4.78, 5) is 16.4. The van der Waals surface area contributed by atoms with Gasteiger partial charge in [-0.1, -0.05) is 12.8 Å². The second-order valence-electron chi connectivity index (χ2n) is 6.03. The maximum absolute atomic E-state index is 11.6. The van der Waals surface area contributed by atoms with E-state index in [0.29, 0.717) is 6.04 Å². The number of hydrogen-bond acceptors (Lipinski definition) is 3. The van der Waals surface area contributed by atoms with Crippen molar-refractivity contribution in [2.75, 3.05) is 26.2 Å². The Balaban J connectivity index is 1.89. The number of rotatable bonds is 4. The summed E-state index contributed by atoms with van der Waals surface area (Å²) >= 11 is 0. The number of piperidine rings is 1. The van der Waals surface area contributed by atoms with Gasteiger partial charge in [-0.05, 0) is 58.7 Å². The molecule has 1 radical (unpaired) electrons. The van der Waals surface area contributed by atoms with Gasteiger partial charge in [0, 0.05) is 12.6 Å². The van der Waals surface area contributed by atoms with Crippen molar-refractivity contribution < 1.29 is 4.79 Å². The van der Waals surface area contributed by atoms with Crippen molar-refractivity contribution >= 4 is 5.91 Å². The van der Waals surface area contributed by atoms with Crippen LogP contribution in [0.2, 0.25) is 0 Å². The normalized spacial score (nSPS) is 28.8. The van der Waals surface area contributed by atoms with Crippen LogP contribution in [-0.2, 0) is 4.79 Å². The number of nitrogens with two attached hydrogens (primary N) is 1. The molecule has 0 aromatic rings. The Bertz CT molecular complexity index is 287. The molecule has 2 aliphatic heterocycles. The molecule has 2 aliphatic rings. The van der Waals surface area contributed by atoms with Gasteiger partial charge in [-0.25, -0.2) is 0 Å². The molecule has 1 unspecified atom stereocenters. The van der Waals surface area contributed by atoms with E-state index in [1.807, 2.05) is 0 Å². The smallest absolute Gasteiger partial charge is 0.234 e. The molecular formula is C15H28N3O. The summed E-state index contributed by atoms with van der Waals surface area (Å²) in [7, 11) is 0. The Morgan fingerprint density at radius 2 is 1.95 bits per heavy atom. The topological polar surface area (TPSA) is 49.6 Å². The van der Waals surface area contributed by atoms with E-state index in [1.165, 1.54) is 38.8 Å². The largest absolute Gasteiger partial charge is 0.368 e. The fraction of sp³-hybridized carbons (Fsp3) is 0.867. The Labute approximate surface area is 117 Å². The zero-order valence-corrected chi connectivity index (χ0v) is 12.2. The molecule has 0 saturated carbocycles. The molecule has 2 rings (SSSR count). The summed E-state index contributed by atoms with van der Waals surface area (Å²) in [6, 6.07) is 0.333. The highest BCUT2D eigenvalue weighted by atomic mass is 16.1. The van der Waals surface area contributed by atoms with Crippen LogP contribution >= 0.6 is 0 Å². The average molecular weight is 266 g/mol. The molecule has 2 heterocycles. The number of likely N-dealkylation sites (tertiary alicyclic amines) is 2. The first-order valence-electron chi connectivity index (χ1n) is 7.77. The molecular weight excluding hydrogens is 238 g/mol. The molecule has 0 aromatic carbocycles. The fourth-order valence-corrected chi connectivity index (χ4v) is 3.41. The van der Waals surface area contributed by atoms with Crippen LogP contribution in [0.3, 0.4) is 0 Å². The minimum atomic E-state index is -0.168. The second kappa shape index (κ2) is 7.25. The summed E-state index contributed by atoms with van der Waals surface area (Å²) in [5.41, 5.74) is 5.54. The third kappa shape index (κ3) is 4.18. The van der Waals surface area contributed by atoms with E-state index < -0.39 is 0 Å². The van der Waals surface area contributed by atoms with Crippen molar-refractivity contribution in [3.8, 4) is 0 Å². The van der Waals surface area contributed by atoms with Crippen molar-refractivity contribution in [1.29, 1.82) is 0 Å². The van der Waals surface area contributed by atoms with E-state index >= 15 is 0 Å². The number of carbonyl (C=O) groups excluding carboxylic acids is 1. The van der Waals surface area contributed by atoms with E-state index in [4.69, 9.17) is 5.73 Å². The predicted molar refractivity (Wildman–Crippen MR) is 77.6 cm³/mol. The molecule has 0 aliphatic carbocycles. The third-order valence-electron chi connectivity index (χ3n) is 4.50. The molecule has 0 aromatic heterocycles. The van der Waals surface area contributed by atoms with Crippen LogP contribution in [0.5, 0.6) is 0 Å². The first-order valence-corrected chi connectivity index (χ1v) is 7.77. The Morgan fingerprint density at radius 3 is 2.58 bits per heavy atom. The van der Waals surface area contributed by atoms with Crippen LogP contribution in [0.25, 0.3) is 0 Å². The van der Waals surface area contributed by atoms with Gasteiger partial charge in [0.2, 0.25) is 5.91 Å². The van der Waals surface area contributed by atoms with Gasteiger partial charge >= 0.3 is 0 Å². The van der Waals surface area contributed by atoms with Crippen LogP contribution in [0.15, 0.2) is 0 Å². The van der Waals surface area contributed by atoms with Gasteiger partial charge in [0.15, 0.2) is 0 Å². The lowest BCUT2D eigenvalue weighted by atomic mass is 9.99. The quantitative estimate of drug-likeness (QED) is 0.837. The highest BCUT2D eigenvalue weighted by Gasteiger charge is 2.31. The number of carbonyl (C=O) groups is 1. The van der Waals surface area contributed by atoms with Crippen LogP contribution in [0.1, 0.15) is 45.4 Å². The minimum absolute atomic E-state index is 0.0873. The zero-order valence-electron chi connectivity index (χ0n) is 12.2. The minimum Gasteiger partial charge on any atom is -0.368 e. The Kier molecular flexibility index (Phi) is 5.64. The number of primary amides is 1. The molecule has 4 heteroatoms. The highest BCUT2D eigenvalue weighted by Crippen LogP contribution is 2.20. The van der Waals surface area contributed by atoms with Crippen LogP contribution in [0, 0.1) is 6.42 Å². The van der Waals surface area contributed by atoms with Gasteiger partial charge in [0.25, 0.3) is 0 Å². The maximum Gasteiger partial charge on any atom is 0.234 e. The molecule has 109 valence electrons. The Morgan fingerprint density at radius 1 is 1.26 bits per heavy atom. The molecule has 0 spiro atoms. The summed E-state index contributed by atoms with van der Waals surface area (Å²) in [5.74, 6) is -0.168. The van der Waals surface area contributed by atoms with Crippen molar-refractivity contribution in [2.24, 2.45) is 5.73 Å². The number of amides is 1. The first-order chi connectivity index (χ1) is 9.18. The van der Waals surface area contributed by atoms with E-state index in [0.717, 1.165) is 25.9 Å². The van der Waals surface area contributed by atoms with Crippen LogP contribution in [-0.4, -0.2) is 54.0 Å². The van der Waals surface area contributed by atoms with Gasteiger partial charge < -0.3 is 10.6 Å². The zero-order chi connectivity index (χ0) is 13.7. The second-order valence-corrected chi connectivity index (χ2v) is 6.03. The summed E-state index contributed by atoms with van der Waals surface area (Å²) in [5, 5.41) is 0. The lowest BCUT2D eigenvalue weighted by Crippen LogP contribution is -2.54. The average Bonchev–Trinajstić information content (AvgIpc) is 2.67. The Hall–Kier alpha value is -0.610. The molecule has 2 atom stereocenters. The van der Waals surface area contributed by atoms with Crippen molar-refractivity contribution in [3.63, 3.8) is 0 Å². The summed E-state index contributed by atoms with van der Waals surface area (Å²) in [6.45, 7) is 6.72. The molecule has 1 amide bonds. The first kappa shape index (κ1) is 14.8. The van der Waals surface area contributed by atoms with Crippen LogP contribution in [0.4, 0.5) is 0 Å². The van der Waals surface area contributed by atoms with Crippen molar-refractivity contribution in [1.82, 2.24) is 9.80 Å². The monoisotopic (exact) mass is 266 g/mol. The molecule has 2 saturated heterocycles. The standard InChI is InChI=1S/C15H28N3O/c1-13(12-17-9-5-2-3-6-10-17)18-11-7-4-8-14(18)15(16)19/h4,13-14H,2-3,5-12H2,1H3,(H2,16,19)/t13-,14?/m1/s1. The SMILES string of the molecule is C[C@H](CN1CCCCCC1)N1CC[CH]CC1C(N)=O. The maximum atomic E-state index is 11.6. The summed E-state index contributed by atoms with van der Waals surface area (Å²) in [6.07, 6.45) is 9.47. The van der Waals surface area contributed by atoms with E-state index in [2.05, 4.69) is 23.1 Å². The number of hydrogen-bond donors (Lipinski definition) is 1. The molecule has 4 nitrogen and oxygen atoms in total. The molecule has 19 heavy (non-hydrogen) atoms.